The highest BCUT2D eigenvalue weighted by molar-refractivity contribution is 5.93. The van der Waals surface area contributed by atoms with Gasteiger partial charge in [-0.05, 0) is 42.8 Å². The third-order valence-electron chi connectivity index (χ3n) is 4.45. The van der Waals surface area contributed by atoms with E-state index in [1.807, 2.05) is 54.2 Å². The summed E-state index contributed by atoms with van der Waals surface area (Å²) in [6.07, 6.45) is 4.59. The molecule has 3 aromatic rings. The Morgan fingerprint density at radius 1 is 1.10 bits per heavy atom. The van der Waals surface area contributed by atoms with Crippen molar-refractivity contribution in [3.8, 4) is 17.2 Å². The lowest BCUT2D eigenvalue weighted by molar-refractivity contribution is 0.297. The van der Waals surface area contributed by atoms with E-state index in [1.54, 1.807) is 6.20 Å². The molecule has 1 aliphatic rings. The van der Waals surface area contributed by atoms with Crippen molar-refractivity contribution in [1.82, 2.24) is 15.1 Å². The van der Waals surface area contributed by atoms with Crippen LogP contribution in [0.5, 0.6) is 11.5 Å². The first-order valence-electron chi connectivity index (χ1n) is 9.86. The molecule has 0 atom stereocenters. The van der Waals surface area contributed by atoms with Gasteiger partial charge in [-0.1, -0.05) is 12.1 Å². The molecule has 0 radical (unpaired) electrons. The number of hydrogen-bond acceptors (Lipinski definition) is 4. The zero-order valence-corrected chi connectivity index (χ0v) is 16.5. The minimum Gasteiger partial charge on any atom is -0.490 e. The van der Waals surface area contributed by atoms with Gasteiger partial charge in [0.05, 0.1) is 25.4 Å². The molecule has 2 aromatic carbocycles. The molecule has 7 nitrogen and oxygen atoms in total. The smallest absolute Gasteiger partial charge is 0.196 e. The minimum absolute atomic E-state index is 0.551. The van der Waals surface area contributed by atoms with Crippen molar-refractivity contribution in [2.75, 3.05) is 25.1 Å². The van der Waals surface area contributed by atoms with E-state index < -0.39 is 0 Å². The van der Waals surface area contributed by atoms with Crippen molar-refractivity contribution in [1.29, 1.82) is 0 Å². The number of benzene rings is 2. The molecule has 0 bridgehead atoms. The molecule has 2 heterocycles. The van der Waals surface area contributed by atoms with Gasteiger partial charge in [-0.25, -0.2) is 9.67 Å². The molecular weight excluding hydrogens is 366 g/mol. The number of hydrogen-bond donors (Lipinski definition) is 2. The second-order valence-electron chi connectivity index (χ2n) is 6.65. The Morgan fingerprint density at radius 2 is 2.00 bits per heavy atom. The van der Waals surface area contributed by atoms with Gasteiger partial charge in [-0.3, -0.25) is 0 Å². The highest BCUT2D eigenvalue weighted by atomic mass is 16.5. The Morgan fingerprint density at radius 3 is 2.83 bits per heavy atom. The molecular formula is C22H25N5O2. The number of nitrogens with one attached hydrogen (secondary N) is 2. The summed E-state index contributed by atoms with van der Waals surface area (Å²) in [6, 6.07) is 16.0. The number of fused-ring (bicyclic) bond motifs is 1. The maximum atomic E-state index is 5.77. The molecule has 29 heavy (non-hydrogen) atoms. The number of anilines is 1. The summed E-state index contributed by atoms with van der Waals surface area (Å²) in [5.41, 5.74) is 3.02. The van der Waals surface area contributed by atoms with Crippen molar-refractivity contribution >= 4 is 11.6 Å². The molecule has 0 saturated carbocycles. The van der Waals surface area contributed by atoms with Crippen LogP contribution in [-0.4, -0.2) is 35.5 Å². The number of aromatic nitrogens is 2. The monoisotopic (exact) mass is 391 g/mol. The van der Waals surface area contributed by atoms with Gasteiger partial charge in [0.2, 0.25) is 0 Å². The van der Waals surface area contributed by atoms with Crippen molar-refractivity contribution in [2.24, 2.45) is 4.99 Å². The van der Waals surface area contributed by atoms with Crippen molar-refractivity contribution in [2.45, 2.75) is 19.9 Å². The van der Waals surface area contributed by atoms with E-state index in [9.17, 15) is 0 Å². The zero-order valence-electron chi connectivity index (χ0n) is 16.5. The summed E-state index contributed by atoms with van der Waals surface area (Å²) < 4.78 is 13.3. The standard InChI is InChI=1S/C22H25N5O2/c1-2-23-22(26-18-8-9-20-21(15-18)29-13-5-12-28-20)24-16-17-6-3-7-19(14-17)27-11-4-10-25-27/h3-4,6-11,14-15H,2,5,12-13,16H2,1H3,(H2,23,24,26). The van der Waals surface area contributed by atoms with Crippen LogP contribution in [0.1, 0.15) is 18.9 Å². The molecule has 1 aromatic heterocycles. The van der Waals surface area contributed by atoms with Crippen LogP contribution < -0.4 is 20.1 Å². The lowest BCUT2D eigenvalue weighted by Gasteiger charge is -2.14. The van der Waals surface area contributed by atoms with Gasteiger partial charge in [0.1, 0.15) is 0 Å². The van der Waals surface area contributed by atoms with E-state index in [0.717, 1.165) is 41.4 Å². The quantitative estimate of drug-likeness (QED) is 0.513. The number of nitrogens with zero attached hydrogens (tertiary/aromatic N) is 3. The van der Waals surface area contributed by atoms with Gasteiger partial charge < -0.3 is 20.1 Å². The van der Waals surface area contributed by atoms with E-state index in [-0.39, 0.29) is 0 Å². The molecule has 0 aliphatic carbocycles. The molecule has 150 valence electrons. The largest absolute Gasteiger partial charge is 0.490 e. The lowest BCUT2D eigenvalue weighted by Crippen LogP contribution is -2.30. The summed E-state index contributed by atoms with van der Waals surface area (Å²) in [7, 11) is 0. The summed E-state index contributed by atoms with van der Waals surface area (Å²) in [6.45, 7) is 4.71. The van der Waals surface area contributed by atoms with Gasteiger partial charge in [-0.15, -0.1) is 0 Å². The highest BCUT2D eigenvalue weighted by Crippen LogP contribution is 2.32. The van der Waals surface area contributed by atoms with E-state index in [4.69, 9.17) is 14.5 Å². The molecule has 1 aliphatic heterocycles. The summed E-state index contributed by atoms with van der Waals surface area (Å²) in [4.78, 5) is 4.72. The maximum Gasteiger partial charge on any atom is 0.196 e. The molecule has 0 amide bonds. The van der Waals surface area contributed by atoms with Crippen LogP contribution in [0.25, 0.3) is 5.69 Å². The molecule has 4 rings (SSSR count). The van der Waals surface area contributed by atoms with Crippen LogP contribution in [0, 0.1) is 0 Å². The van der Waals surface area contributed by atoms with Gasteiger partial charge >= 0.3 is 0 Å². The Bertz CT molecular complexity index is 969. The number of aliphatic imine (C=N–C) groups is 1. The van der Waals surface area contributed by atoms with Crippen LogP contribution >= 0.6 is 0 Å². The number of rotatable bonds is 5. The Kier molecular flexibility index (Phi) is 5.95. The van der Waals surface area contributed by atoms with Crippen molar-refractivity contribution < 1.29 is 9.47 Å². The Labute approximate surface area is 170 Å². The second kappa shape index (κ2) is 9.14. The lowest BCUT2D eigenvalue weighted by atomic mass is 10.2. The van der Waals surface area contributed by atoms with E-state index >= 15 is 0 Å². The van der Waals surface area contributed by atoms with Crippen LogP contribution in [0.15, 0.2) is 65.9 Å². The Balaban J connectivity index is 1.48. The normalized spacial score (nSPS) is 13.6. The van der Waals surface area contributed by atoms with Crippen LogP contribution in [0.3, 0.4) is 0 Å². The topological polar surface area (TPSA) is 72.7 Å². The van der Waals surface area contributed by atoms with E-state index in [0.29, 0.717) is 25.7 Å². The first-order chi connectivity index (χ1) is 14.3. The van der Waals surface area contributed by atoms with Gasteiger partial charge in [-0.2, -0.15) is 5.10 Å². The fourth-order valence-corrected chi connectivity index (χ4v) is 3.07. The fourth-order valence-electron chi connectivity index (χ4n) is 3.07. The number of guanidine groups is 1. The van der Waals surface area contributed by atoms with Gasteiger partial charge in [0, 0.05) is 37.1 Å². The van der Waals surface area contributed by atoms with Crippen molar-refractivity contribution in [3.63, 3.8) is 0 Å². The predicted molar refractivity (Wildman–Crippen MR) is 114 cm³/mol. The summed E-state index contributed by atoms with van der Waals surface area (Å²) in [5, 5.41) is 10.9. The molecule has 7 heteroatoms. The zero-order chi connectivity index (χ0) is 19.9. The fraction of sp³-hybridized carbons (Fsp3) is 0.273. The SMILES string of the molecule is CCNC(=NCc1cccc(-n2cccn2)c1)Nc1ccc2c(c1)OCCCO2. The Hall–Kier alpha value is -3.48. The minimum atomic E-state index is 0.551. The summed E-state index contributed by atoms with van der Waals surface area (Å²) in [5.74, 6) is 2.26. The van der Waals surface area contributed by atoms with E-state index in [1.165, 1.54) is 0 Å². The predicted octanol–water partition coefficient (Wildman–Crippen LogP) is 3.61. The molecule has 2 N–H and O–H groups in total. The highest BCUT2D eigenvalue weighted by Gasteiger charge is 2.11. The third-order valence-corrected chi connectivity index (χ3v) is 4.45. The summed E-state index contributed by atoms with van der Waals surface area (Å²) >= 11 is 0. The molecule has 0 unspecified atom stereocenters. The molecule has 0 spiro atoms. The third kappa shape index (κ3) is 4.87. The average Bonchev–Trinajstić information content (AvgIpc) is 3.19. The average molecular weight is 391 g/mol. The first-order valence-corrected chi connectivity index (χ1v) is 9.86. The van der Waals surface area contributed by atoms with Crippen LogP contribution in [0.4, 0.5) is 5.69 Å². The van der Waals surface area contributed by atoms with Crippen LogP contribution in [-0.2, 0) is 6.54 Å². The van der Waals surface area contributed by atoms with Crippen LogP contribution in [0.2, 0.25) is 0 Å². The maximum absolute atomic E-state index is 5.77. The van der Waals surface area contributed by atoms with E-state index in [2.05, 4.69) is 27.9 Å². The van der Waals surface area contributed by atoms with Crippen molar-refractivity contribution in [3.05, 3.63) is 66.5 Å². The van der Waals surface area contributed by atoms with Gasteiger partial charge in [0.25, 0.3) is 0 Å². The van der Waals surface area contributed by atoms with Gasteiger partial charge in [0.15, 0.2) is 17.5 Å². The molecule has 0 fully saturated rings. The first kappa shape index (κ1) is 18.9. The molecule has 0 saturated heterocycles. The number of ether oxygens (including phenoxy) is 2. The second-order valence-corrected chi connectivity index (χ2v) is 6.65.